The number of benzene rings is 2. The zero-order valence-electron chi connectivity index (χ0n) is 15.4. The van der Waals surface area contributed by atoms with Gasteiger partial charge in [-0.2, -0.15) is 0 Å². The van der Waals surface area contributed by atoms with E-state index in [-0.39, 0.29) is 18.1 Å². The Labute approximate surface area is 156 Å². The first-order valence-electron chi connectivity index (χ1n) is 9.43. The number of carbonyl (C=O) groups excluding carboxylic acids is 1. The highest BCUT2D eigenvalue weighted by molar-refractivity contribution is 5.79. The third-order valence-corrected chi connectivity index (χ3v) is 5.00. The molecule has 0 aliphatic heterocycles. The van der Waals surface area contributed by atoms with Gasteiger partial charge < -0.3 is 10.1 Å². The fraction of sp³-hybridized carbons (Fsp3) is 0.348. The lowest BCUT2D eigenvalue weighted by Gasteiger charge is -2.17. The van der Waals surface area contributed by atoms with Gasteiger partial charge in [-0.1, -0.05) is 61.0 Å². The van der Waals surface area contributed by atoms with E-state index < -0.39 is 0 Å². The minimum Gasteiger partial charge on any atom is -0.449 e. The van der Waals surface area contributed by atoms with Gasteiger partial charge >= 0.3 is 6.09 Å². The first kappa shape index (κ1) is 18.2. The van der Waals surface area contributed by atoms with Crippen LogP contribution in [0, 0.1) is 0 Å². The van der Waals surface area contributed by atoms with Crippen molar-refractivity contribution in [3.8, 4) is 11.1 Å². The summed E-state index contributed by atoms with van der Waals surface area (Å²) in [5, 5.41) is 2.94. The molecule has 1 atom stereocenters. The van der Waals surface area contributed by atoms with Gasteiger partial charge in [-0.15, -0.1) is 6.58 Å². The predicted molar refractivity (Wildman–Crippen MR) is 106 cm³/mol. The van der Waals surface area contributed by atoms with E-state index in [0.717, 1.165) is 25.7 Å². The van der Waals surface area contributed by atoms with Crippen LogP contribution in [0.2, 0.25) is 0 Å². The van der Waals surface area contributed by atoms with Crippen molar-refractivity contribution in [2.45, 2.75) is 44.6 Å². The van der Waals surface area contributed by atoms with Crippen molar-refractivity contribution in [1.82, 2.24) is 5.32 Å². The summed E-state index contributed by atoms with van der Waals surface area (Å²) >= 11 is 0. The van der Waals surface area contributed by atoms with E-state index in [2.05, 4.69) is 48.3 Å². The maximum Gasteiger partial charge on any atom is 0.407 e. The second-order valence-electron chi connectivity index (χ2n) is 6.94. The number of unbranched alkanes of at least 4 members (excludes halogenated alkanes) is 2. The zero-order chi connectivity index (χ0) is 18.4. The fourth-order valence-electron chi connectivity index (χ4n) is 3.65. The second-order valence-corrected chi connectivity index (χ2v) is 6.94. The summed E-state index contributed by atoms with van der Waals surface area (Å²) in [5.74, 6) is 0.107. The van der Waals surface area contributed by atoms with Crippen LogP contribution in [0.4, 0.5) is 4.79 Å². The molecule has 0 heterocycles. The normalized spacial score (nSPS) is 13.6. The van der Waals surface area contributed by atoms with Gasteiger partial charge in [-0.3, -0.25) is 0 Å². The van der Waals surface area contributed by atoms with Gasteiger partial charge in [0, 0.05) is 12.0 Å². The molecule has 1 aliphatic carbocycles. The highest BCUT2D eigenvalue weighted by atomic mass is 16.5. The van der Waals surface area contributed by atoms with E-state index in [0.29, 0.717) is 6.61 Å². The molecule has 0 spiro atoms. The van der Waals surface area contributed by atoms with Crippen molar-refractivity contribution in [3.63, 3.8) is 0 Å². The Morgan fingerprint density at radius 1 is 1.12 bits per heavy atom. The van der Waals surface area contributed by atoms with E-state index in [1.807, 2.05) is 25.1 Å². The third kappa shape index (κ3) is 4.16. The van der Waals surface area contributed by atoms with Crippen molar-refractivity contribution in [3.05, 3.63) is 72.3 Å². The van der Waals surface area contributed by atoms with Crippen LogP contribution in [-0.4, -0.2) is 18.7 Å². The molecule has 0 radical (unpaired) electrons. The minimum atomic E-state index is -0.330. The summed E-state index contributed by atoms with van der Waals surface area (Å²) in [6, 6.07) is 16.9. The fourth-order valence-corrected chi connectivity index (χ4v) is 3.65. The maximum atomic E-state index is 12.2. The molecule has 1 aliphatic rings. The highest BCUT2D eigenvalue weighted by Crippen LogP contribution is 2.44. The highest BCUT2D eigenvalue weighted by Gasteiger charge is 2.29. The average molecular weight is 349 g/mol. The lowest BCUT2D eigenvalue weighted by molar-refractivity contribution is 0.139. The van der Waals surface area contributed by atoms with Crippen LogP contribution in [0.15, 0.2) is 61.2 Å². The first-order chi connectivity index (χ1) is 12.7. The van der Waals surface area contributed by atoms with Crippen molar-refractivity contribution in [2.24, 2.45) is 0 Å². The van der Waals surface area contributed by atoms with Crippen LogP contribution < -0.4 is 5.32 Å². The molecule has 3 rings (SSSR count). The van der Waals surface area contributed by atoms with Gasteiger partial charge in [-0.05, 0) is 48.4 Å². The third-order valence-electron chi connectivity index (χ3n) is 5.00. The number of nitrogens with one attached hydrogen (secondary N) is 1. The monoisotopic (exact) mass is 349 g/mol. The average Bonchev–Trinajstić information content (AvgIpc) is 2.98. The molecule has 0 aromatic heterocycles. The Balaban J connectivity index is 1.56. The van der Waals surface area contributed by atoms with Crippen LogP contribution in [-0.2, 0) is 4.74 Å². The Morgan fingerprint density at radius 2 is 1.73 bits per heavy atom. The molecule has 3 heteroatoms. The SMILES string of the molecule is C=CCCCCC(C)NC(=O)OCC1c2ccccc2-c2ccccc21. The van der Waals surface area contributed by atoms with Gasteiger partial charge in [0.25, 0.3) is 0 Å². The van der Waals surface area contributed by atoms with E-state index >= 15 is 0 Å². The molecule has 3 nitrogen and oxygen atoms in total. The smallest absolute Gasteiger partial charge is 0.407 e. The quantitative estimate of drug-likeness (QED) is 0.493. The van der Waals surface area contributed by atoms with Crippen LogP contribution in [0.1, 0.15) is 49.7 Å². The van der Waals surface area contributed by atoms with E-state index in [4.69, 9.17) is 4.74 Å². The van der Waals surface area contributed by atoms with E-state index in [1.165, 1.54) is 22.3 Å². The number of allylic oxidation sites excluding steroid dienone is 1. The molecule has 136 valence electrons. The second kappa shape index (κ2) is 8.70. The Bertz CT molecular complexity index is 723. The molecule has 26 heavy (non-hydrogen) atoms. The lowest BCUT2D eigenvalue weighted by Crippen LogP contribution is -2.33. The number of ether oxygens (including phenoxy) is 1. The van der Waals surface area contributed by atoms with Crippen molar-refractivity contribution >= 4 is 6.09 Å². The van der Waals surface area contributed by atoms with Crippen molar-refractivity contribution < 1.29 is 9.53 Å². The van der Waals surface area contributed by atoms with Crippen LogP contribution >= 0.6 is 0 Å². The number of amides is 1. The van der Waals surface area contributed by atoms with Gasteiger partial charge in [0.05, 0.1) is 0 Å². The topological polar surface area (TPSA) is 38.3 Å². The molecule has 0 saturated heterocycles. The van der Waals surface area contributed by atoms with Crippen molar-refractivity contribution in [1.29, 1.82) is 0 Å². The summed E-state index contributed by atoms with van der Waals surface area (Å²) in [5.41, 5.74) is 4.96. The molecular formula is C23H27NO2. The van der Waals surface area contributed by atoms with E-state index in [9.17, 15) is 4.79 Å². The first-order valence-corrected chi connectivity index (χ1v) is 9.43. The van der Waals surface area contributed by atoms with Crippen LogP contribution in [0.3, 0.4) is 0 Å². The number of rotatable bonds is 8. The van der Waals surface area contributed by atoms with Crippen LogP contribution in [0.5, 0.6) is 0 Å². The van der Waals surface area contributed by atoms with Gasteiger partial charge in [0.15, 0.2) is 0 Å². The standard InChI is InChI=1S/C23H27NO2/c1-3-4-5-6-11-17(2)24-23(25)26-16-22-20-14-9-7-12-18(20)19-13-8-10-15-21(19)22/h3,7-10,12-15,17,22H,1,4-6,11,16H2,2H3,(H,24,25). The Morgan fingerprint density at radius 3 is 2.35 bits per heavy atom. The molecule has 0 bridgehead atoms. The minimum absolute atomic E-state index is 0.107. The van der Waals surface area contributed by atoms with Gasteiger partial charge in [0.2, 0.25) is 0 Å². The van der Waals surface area contributed by atoms with E-state index in [1.54, 1.807) is 0 Å². The molecule has 0 saturated carbocycles. The lowest BCUT2D eigenvalue weighted by atomic mass is 9.98. The summed E-state index contributed by atoms with van der Waals surface area (Å²) in [6.07, 6.45) is 5.78. The summed E-state index contributed by atoms with van der Waals surface area (Å²) < 4.78 is 5.57. The largest absolute Gasteiger partial charge is 0.449 e. The summed E-state index contributed by atoms with van der Waals surface area (Å²) in [7, 11) is 0. The molecular weight excluding hydrogens is 322 g/mol. The molecule has 1 N–H and O–H groups in total. The summed E-state index contributed by atoms with van der Waals surface area (Å²) in [4.78, 5) is 12.2. The predicted octanol–water partition coefficient (Wildman–Crippen LogP) is 5.66. The summed E-state index contributed by atoms with van der Waals surface area (Å²) in [6.45, 7) is 6.12. The molecule has 0 fully saturated rings. The number of alkyl carbamates (subject to hydrolysis) is 1. The van der Waals surface area contributed by atoms with Crippen LogP contribution in [0.25, 0.3) is 11.1 Å². The number of fused-ring (bicyclic) bond motifs is 3. The van der Waals surface area contributed by atoms with Gasteiger partial charge in [-0.25, -0.2) is 4.79 Å². The van der Waals surface area contributed by atoms with Crippen molar-refractivity contribution in [2.75, 3.05) is 6.61 Å². The molecule has 1 unspecified atom stereocenters. The maximum absolute atomic E-state index is 12.2. The number of hydrogen-bond donors (Lipinski definition) is 1. The molecule has 2 aromatic carbocycles. The van der Waals surface area contributed by atoms with Gasteiger partial charge in [0.1, 0.15) is 6.61 Å². The molecule has 2 aromatic rings. The Kier molecular flexibility index (Phi) is 6.11. The number of hydrogen-bond acceptors (Lipinski definition) is 2. The Hall–Kier alpha value is -2.55. The zero-order valence-corrected chi connectivity index (χ0v) is 15.4. The molecule has 1 amide bonds. The number of carbonyl (C=O) groups is 1.